The van der Waals surface area contributed by atoms with E-state index in [1.807, 2.05) is 23.9 Å². The number of anilines is 4. The summed E-state index contributed by atoms with van der Waals surface area (Å²) in [6, 6.07) is 13.3. The smallest absolute Gasteiger partial charge is 0.318 e. The summed E-state index contributed by atoms with van der Waals surface area (Å²) in [7, 11) is 3.86. The van der Waals surface area contributed by atoms with Crippen LogP contribution in [0.4, 0.5) is 31.8 Å². The lowest BCUT2D eigenvalue weighted by Gasteiger charge is -2.41. The Morgan fingerprint density at radius 2 is 1.12 bits per heavy atom. The molecule has 4 fully saturated rings. The zero-order valence-electron chi connectivity index (χ0n) is 55.0. The first-order valence-electron chi connectivity index (χ1n) is 31.9. The van der Waals surface area contributed by atoms with E-state index in [0.717, 1.165) is 86.5 Å². The summed E-state index contributed by atoms with van der Waals surface area (Å²) in [6.45, 7) is 49.0. The molecule has 0 radical (unpaired) electrons. The third-order valence-electron chi connectivity index (χ3n) is 18.2. The number of halogens is 5. The van der Waals surface area contributed by atoms with Crippen molar-refractivity contribution in [2.24, 2.45) is 5.92 Å². The van der Waals surface area contributed by atoms with Crippen LogP contribution in [-0.2, 0) is 35.5 Å². The number of piperidine rings is 1. The van der Waals surface area contributed by atoms with Crippen molar-refractivity contribution in [2.45, 2.75) is 131 Å². The van der Waals surface area contributed by atoms with Crippen molar-refractivity contribution in [3.63, 3.8) is 0 Å². The van der Waals surface area contributed by atoms with E-state index >= 15 is 0 Å². The summed E-state index contributed by atoms with van der Waals surface area (Å²) in [5, 5.41) is -0.315. The van der Waals surface area contributed by atoms with E-state index in [4.69, 9.17) is 77.4 Å². The Morgan fingerprint density at radius 3 is 1.52 bits per heavy atom. The quantitative estimate of drug-likeness (QED) is 0.0428. The molecule has 2 aromatic carbocycles. The van der Waals surface area contributed by atoms with Crippen LogP contribution in [0, 0.1) is 46.8 Å². The van der Waals surface area contributed by atoms with Gasteiger partial charge in [0, 0.05) is 99.4 Å². The van der Waals surface area contributed by atoms with Crippen molar-refractivity contribution in [1.29, 1.82) is 0 Å². The number of rotatable bonds is 17. The number of hydrogen-bond donors (Lipinski definition) is 0. The van der Waals surface area contributed by atoms with Crippen molar-refractivity contribution in [3.05, 3.63) is 129 Å². The molecule has 6 aliphatic rings. The second kappa shape index (κ2) is 36.7. The molecule has 8 heterocycles. The van der Waals surface area contributed by atoms with Gasteiger partial charge in [0.2, 0.25) is 24.2 Å². The van der Waals surface area contributed by atoms with Crippen molar-refractivity contribution in [2.75, 3.05) is 144 Å². The van der Waals surface area contributed by atoms with Crippen LogP contribution in [-0.4, -0.2) is 205 Å². The third kappa shape index (κ3) is 20.6. The summed E-state index contributed by atoms with van der Waals surface area (Å²) in [5.74, 6) is 1.99. The molecule has 18 nitrogen and oxygen atoms in total. The number of fused-ring (bicyclic) bond motifs is 2. The van der Waals surface area contributed by atoms with Gasteiger partial charge in [-0.1, -0.05) is 58.2 Å². The summed E-state index contributed by atoms with van der Waals surface area (Å²) < 4.78 is 40.1. The Bertz CT molecular complexity index is 3130. The molecule has 1 amide bonds. The second-order valence-corrected chi connectivity index (χ2v) is 25.1. The SMILES string of the molecule is C=CC(=O)Cl.CCN(CC)CC.ClCCl.[C-]#[N+]C[C@@H]1CCCN(c2nc(OC[C@@H]3C[C@@H](F)CN3C)nc3c2CCN(c2cccc(C)c2C)C3)C1.[C-]#[N+]C[C@H]1CN(c2nc(OC[C@@H]3C[C@@H](F)CN3C)nc3c2CCN(c2cccc(C)c2C)C3)CCN1C(=O)C=C. The van der Waals surface area contributed by atoms with Crippen LogP contribution in [0.2, 0.25) is 0 Å². The zero-order chi connectivity index (χ0) is 66.3. The van der Waals surface area contributed by atoms with E-state index in [9.17, 15) is 18.4 Å². The molecule has 4 saturated heterocycles. The number of nitrogens with zero attached hydrogens (tertiary/aromatic N) is 14. The minimum atomic E-state index is -0.848. The van der Waals surface area contributed by atoms with Gasteiger partial charge in [0.1, 0.15) is 43.2 Å². The van der Waals surface area contributed by atoms with Crippen LogP contribution in [0.25, 0.3) is 9.69 Å². The van der Waals surface area contributed by atoms with Gasteiger partial charge in [0.05, 0.1) is 29.8 Å². The topological polar surface area (TPSA) is 139 Å². The van der Waals surface area contributed by atoms with Crippen LogP contribution in [0.15, 0.2) is 61.7 Å². The molecule has 0 N–H and O–H groups in total. The van der Waals surface area contributed by atoms with Gasteiger partial charge in [0.15, 0.2) is 0 Å². The van der Waals surface area contributed by atoms with Gasteiger partial charge in [-0.3, -0.25) is 19.4 Å². The van der Waals surface area contributed by atoms with Crippen molar-refractivity contribution < 1.29 is 27.8 Å². The first-order chi connectivity index (χ1) is 43.7. The Kier molecular flexibility index (Phi) is 29.7. The molecule has 0 bridgehead atoms. The predicted octanol–water partition coefficient (Wildman–Crippen LogP) is 11.1. The number of amides is 1. The Hall–Kier alpha value is -6.39. The average Bonchev–Trinajstić information content (AvgIpc) is 1.64. The number of carbonyl (C=O) groups is 2. The second-order valence-electron chi connectivity index (χ2n) is 24.0. The van der Waals surface area contributed by atoms with E-state index < -0.39 is 17.6 Å². The molecule has 10 rings (SSSR count). The molecular weight excluding hydrogens is 1220 g/mol. The van der Waals surface area contributed by atoms with Gasteiger partial charge < -0.3 is 48.6 Å². The number of likely N-dealkylation sites (tertiary alicyclic amines) is 2. The minimum Gasteiger partial charge on any atom is -0.462 e. The molecule has 0 unspecified atom stereocenters. The van der Waals surface area contributed by atoms with Crippen LogP contribution < -0.4 is 29.1 Å². The van der Waals surface area contributed by atoms with Crippen LogP contribution >= 0.6 is 34.8 Å². The lowest BCUT2D eigenvalue weighted by molar-refractivity contribution is -0.128. The lowest BCUT2D eigenvalue weighted by Crippen LogP contribution is -2.56. The molecule has 23 heteroatoms. The molecule has 91 heavy (non-hydrogen) atoms. The van der Waals surface area contributed by atoms with E-state index in [0.29, 0.717) is 96.4 Å². The number of ether oxygens (including phenoxy) is 2. The number of aromatic nitrogens is 4. The first kappa shape index (κ1) is 73.7. The highest BCUT2D eigenvalue weighted by Gasteiger charge is 2.37. The number of benzene rings is 2. The van der Waals surface area contributed by atoms with Crippen LogP contribution in [0.5, 0.6) is 12.0 Å². The summed E-state index contributed by atoms with van der Waals surface area (Å²) in [6.07, 6.45) is 5.43. The number of piperazine rings is 1. The normalized spacial score (nSPS) is 21.2. The average molecular weight is 1320 g/mol. The molecule has 6 atom stereocenters. The highest BCUT2D eigenvalue weighted by molar-refractivity contribution is 6.66. The maximum absolute atomic E-state index is 14.0. The fourth-order valence-corrected chi connectivity index (χ4v) is 12.7. The molecule has 2 aromatic heterocycles. The Morgan fingerprint density at radius 1 is 0.659 bits per heavy atom. The molecule has 0 aliphatic carbocycles. The maximum Gasteiger partial charge on any atom is 0.318 e. The molecule has 0 saturated carbocycles. The summed E-state index contributed by atoms with van der Waals surface area (Å²) >= 11 is 14.2. The largest absolute Gasteiger partial charge is 0.462 e. The van der Waals surface area contributed by atoms with Gasteiger partial charge in [-0.25, -0.2) is 21.9 Å². The van der Waals surface area contributed by atoms with Gasteiger partial charge in [-0.15, -0.1) is 23.2 Å². The fraction of sp³-hybridized carbons (Fsp3) is 0.588. The Labute approximate surface area is 555 Å². The fourth-order valence-electron chi connectivity index (χ4n) is 12.7. The molecule has 4 aromatic rings. The zero-order valence-corrected chi connectivity index (χ0v) is 57.2. The van der Waals surface area contributed by atoms with Gasteiger partial charge in [-0.2, -0.15) is 19.9 Å². The van der Waals surface area contributed by atoms with Gasteiger partial charge in [0.25, 0.3) is 0 Å². The standard InChI is InChI=1S/C30H38FN7O2.C28H37FN6O.C6H15N.C3H3ClO.CH2Cl2/c1-6-28(39)38-13-12-37(17-24(38)15-32-4)29-25-10-11-36(27-9-7-8-20(2)21(27)3)18-26(25)33-30(34-29)40-19-23-14-22(31)16-35(23)5;1-19-7-5-9-26(20(19)2)34-12-10-24-25(17-34)31-28(36-18-23-13-22(29)16-33(23)4)32-27(24)35-11-6-8-21(15-35)14-30-3;1-4-7(5-2)6-3;1-2-3(4)5;2-1-3/h6-9,22-24H,1,10-19H2,2-3,5H3;5,7,9,21-23H,6,8,10-18H2,1-2,4H3;4-6H2,1-3H3;2H,1H2;1H2/t22-,23+,24+;21-,22+,23-;;;/m10.../s1. The summed E-state index contributed by atoms with van der Waals surface area (Å²) in [4.78, 5) is 66.2. The summed E-state index contributed by atoms with van der Waals surface area (Å²) in [5.41, 5.74) is 11.8. The molecule has 6 aliphatic heterocycles. The Balaban J connectivity index is 0.000000237. The van der Waals surface area contributed by atoms with Gasteiger partial charge in [-0.05, 0) is 158 Å². The van der Waals surface area contributed by atoms with Crippen LogP contribution in [0.1, 0.15) is 91.2 Å². The minimum absolute atomic E-state index is 0.0268. The van der Waals surface area contributed by atoms with Crippen molar-refractivity contribution in [1.82, 2.24) is 39.5 Å². The number of alkyl halides is 4. The molecular formula is C68H95Cl3F2N14O4. The van der Waals surface area contributed by atoms with E-state index in [1.165, 1.54) is 64.9 Å². The monoisotopic (exact) mass is 1310 g/mol. The van der Waals surface area contributed by atoms with Crippen molar-refractivity contribution >= 4 is 69.0 Å². The highest BCUT2D eigenvalue weighted by atomic mass is 35.5. The van der Waals surface area contributed by atoms with Crippen LogP contribution in [0.3, 0.4) is 0 Å². The van der Waals surface area contributed by atoms with E-state index in [2.05, 4.69) is 132 Å². The molecule has 0 spiro atoms. The maximum atomic E-state index is 14.0. The predicted molar refractivity (Wildman–Crippen MR) is 365 cm³/mol. The lowest BCUT2D eigenvalue weighted by atomic mass is 9.96. The number of hydrogen-bond acceptors (Lipinski definition) is 15. The third-order valence-corrected chi connectivity index (χ3v) is 18.3. The highest BCUT2D eigenvalue weighted by Crippen LogP contribution is 2.37. The van der Waals surface area contributed by atoms with Crippen molar-refractivity contribution in [3.8, 4) is 12.0 Å². The number of aryl methyl sites for hydroxylation is 2. The molecule has 496 valence electrons. The number of allylic oxidation sites excluding steroid dienone is 1. The number of likely N-dealkylation sites (N-methyl/N-ethyl adjacent to an activating group) is 2. The number of carbonyl (C=O) groups excluding carboxylic acids is 2. The van der Waals surface area contributed by atoms with Gasteiger partial charge >= 0.3 is 12.0 Å². The van der Waals surface area contributed by atoms with E-state index in [-0.39, 0.29) is 35.9 Å². The van der Waals surface area contributed by atoms with E-state index in [1.54, 1.807) is 4.90 Å². The first-order valence-corrected chi connectivity index (χ1v) is 33.3.